The molecule has 15 heavy (non-hydrogen) atoms. The first kappa shape index (κ1) is 10.6. The van der Waals surface area contributed by atoms with Crippen molar-refractivity contribution in [2.75, 3.05) is 0 Å². The third kappa shape index (κ3) is 2.37. The highest BCUT2D eigenvalue weighted by atomic mass is 79.9. The van der Waals surface area contributed by atoms with E-state index < -0.39 is 0 Å². The predicted octanol–water partition coefficient (Wildman–Crippen LogP) is 2.79. The molecule has 1 amide bonds. The predicted molar refractivity (Wildman–Crippen MR) is 59.3 cm³/mol. The van der Waals surface area contributed by atoms with Gasteiger partial charge in [-0.2, -0.15) is 0 Å². The van der Waals surface area contributed by atoms with E-state index in [-0.39, 0.29) is 11.7 Å². The van der Waals surface area contributed by atoms with Crippen LogP contribution >= 0.6 is 15.9 Å². The molecule has 1 aliphatic carbocycles. The minimum atomic E-state index is -0.301. The van der Waals surface area contributed by atoms with E-state index in [2.05, 4.69) is 21.2 Å². The number of hydrogen-bond donors (Lipinski definition) is 1. The maximum absolute atomic E-state index is 13.1. The summed E-state index contributed by atoms with van der Waals surface area (Å²) in [6, 6.07) is 3.21. The topological polar surface area (TPSA) is 29.1 Å². The molecule has 0 radical (unpaired) electrons. The number of amides is 1. The monoisotopic (exact) mass is 271 g/mol. The molecule has 0 atom stereocenters. The van der Waals surface area contributed by atoms with Crippen LogP contribution in [0, 0.1) is 12.7 Å². The van der Waals surface area contributed by atoms with E-state index in [1.807, 2.05) is 0 Å². The first-order chi connectivity index (χ1) is 7.08. The van der Waals surface area contributed by atoms with Crippen LogP contribution in [0.3, 0.4) is 0 Å². The van der Waals surface area contributed by atoms with Crippen LogP contribution < -0.4 is 5.32 Å². The van der Waals surface area contributed by atoms with E-state index in [9.17, 15) is 9.18 Å². The zero-order valence-corrected chi connectivity index (χ0v) is 9.90. The molecule has 2 nitrogen and oxygen atoms in total. The highest BCUT2D eigenvalue weighted by Gasteiger charge is 2.24. The molecule has 0 unspecified atom stereocenters. The summed E-state index contributed by atoms with van der Waals surface area (Å²) in [6.45, 7) is 1.65. The minimum Gasteiger partial charge on any atom is -0.349 e. The fraction of sp³-hybridized carbons (Fsp3) is 0.364. The zero-order chi connectivity index (χ0) is 11.0. The Morgan fingerprint density at radius 1 is 1.53 bits per heavy atom. The fourth-order valence-electron chi connectivity index (χ4n) is 1.32. The van der Waals surface area contributed by atoms with Gasteiger partial charge in [-0.15, -0.1) is 0 Å². The zero-order valence-electron chi connectivity index (χ0n) is 8.31. The third-order valence-electron chi connectivity index (χ3n) is 2.41. The number of halogens is 2. The molecule has 0 aromatic heterocycles. The Morgan fingerprint density at radius 3 is 2.80 bits per heavy atom. The van der Waals surface area contributed by atoms with Crippen LogP contribution in [0.4, 0.5) is 4.39 Å². The highest BCUT2D eigenvalue weighted by molar-refractivity contribution is 9.10. The van der Waals surface area contributed by atoms with Crippen LogP contribution in [0.25, 0.3) is 0 Å². The van der Waals surface area contributed by atoms with E-state index in [0.29, 0.717) is 21.6 Å². The Kier molecular flexibility index (Phi) is 2.78. The second-order valence-corrected chi connectivity index (χ2v) is 4.68. The van der Waals surface area contributed by atoms with Crippen LogP contribution in [0.2, 0.25) is 0 Å². The third-order valence-corrected chi connectivity index (χ3v) is 3.06. The summed E-state index contributed by atoms with van der Waals surface area (Å²) < 4.78 is 13.6. The maximum Gasteiger partial charge on any atom is 0.252 e. The van der Waals surface area contributed by atoms with Gasteiger partial charge in [0.05, 0.1) is 5.56 Å². The van der Waals surface area contributed by atoms with Gasteiger partial charge in [-0.3, -0.25) is 4.79 Å². The molecule has 0 bridgehead atoms. The van der Waals surface area contributed by atoms with Crippen LogP contribution in [-0.4, -0.2) is 11.9 Å². The van der Waals surface area contributed by atoms with Gasteiger partial charge in [0, 0.05) is 10.5 Å². The molecule has 0 spiro atoms. The van der Waals surface area contributed by atoms with Crippen molar-refractivity contribution in [3.63, 3.8) is 0 Å². The molecule has 2 rings (SSSR count). The van der Waals surface area contributed by atoms with Crippen LogP contribution in [-0.2, 0) is 0 Å². The van der Waals surface area contributed by atoms with E-state index in [1.54, 1.807) is 13.0 Å². The number of carbonyl (C=O) groups is 1. The lowest BCUT2D eigenvalue weighted by atomic mass is 10.1. The second-order valence-electron chi connectivity index (χ2n) is 3.83. The lowest BCUT2D eigenvalue weighted by Crippen LogP contribution is -2.25. The van der Waals surface area contributed by atoms with Crippen molar-refractivity contribution in [3.8, 4) is 0 Å². The van der Waals surface area contributed by atoms with Crippen molar-refractivity contribution in [1.82, 2.24) is 5.32 Å². The highest BCUT2D eigenvalue weighted by Crippen LogP contribution is 2.23. The number of aryl methyl sites for hydroxylation is 1. The van der Waals surface area contributed by atoms with Gasteiger partial charge in [0.2, 0.25) is 0 Å². The van der Waals surface area contributed by atoms with Gasteiger partial charge >= 0.3 is 0 Å². The van der Waals surface area contributed by atoms with Crippen molar-refractivity contribution in [3.05, 3.63) is 33.5 Å². The number of carbonyl (C=O) groups excluding carboxylic acids is 1. The molecular weight excluding hydrogens is 261 g/mol. The molecule has 4 heteroatoms. The lowest BCUT2D eigenvalue weighted by Gasteiger charge is -2.07. The molecule has 1 aromatic carbocycles. The van der Waals surface area contributed by atoms with Crippen molar-refractivity contribution >= 4 is 21.8 Å². The van der Waals surface area contributed by atoms with Crippen molar-refractivity contribution in [1.29, 1.82) is 0 Å². The molecular formula is C11H11BrFNO. The molecule has 1 aromatic rings. The summed E-state index contributed by atoms with van der Waals surface area (Å²) in [5.74, 6) is -0.433. The summed E-state index contributed by atoms with van der Waals surface area (Å²) in [5.41, 5.74) is 0.986. The smallest absolute Gasteiger partial charge is 0.252 e. The van der Waals surface area contributed by atoms with Gasteiger partial charge in [0.1, 0.15) is 5.82 Å². The fourth-order valence-corrected chi connectivity index (χ4v) is 1.82. The van der Waals surface area contributed by atoms with Crippen molar-refractivity contribution < 1.29 is 9.18 Å². The van der Waals surface area contributed by atoms with Gasteiger partial charge in [-0.05, 0) is 53.4 Å². The average Bonchev–Trinajstić information content (AvgIpc) is 2.95. The number of nitrogens with one attached hydrogen (secondary N) is 1. The summed E-state index contributed by atoms with van der Waals surface area (Å²) in [5, 5.41) is 2.87. The molecule has 0 aliphatic heterocycles. The Labute approximate surface area is 96.0 Å². The Hall–Kier alpha value is -0.900. The standard InChI is InChI=1S/C11H11BrFNO/c1-6-4-8(9(12)5-10(6)13)11(15)14-7-2-3-7/h4-5,7H,2-3H2,1H3,(H,14,15). The van der Waals surface area contributed by atoms with E-state index in [4.69, 9.17) is 0 Å². The van der Waals surface area contributed by atoms with E-state index >= 15 is 0 Å². The summed E-state index contributed by atoms with van der Waals surface area (Å²) in [4.78, 5) is 11.7. The largest absolute Gasteiger partial charge is 0.349 e. The van der Waals surface area contributed by atoms with Gasteiger partial charge < -0.3 is 5.32 Å². The normalized spacial score (nSPS) is 15.1. The summed E-state index contributed by atoms with van der Waals surface area (Å²) in [6.07, 6.45) is 2.09. The minimum absolute atomic E-state index is 0.132. The maximum atomic E-state index is 13.1. The summed E-state index contributed by atoms with van der Waals surface area (Å²) >= 11 is 3.19. The van der Waals surface area contributed by atoms with Gasteiger partial charge in [-0.25, -0.2) is 4.39 Å². The number of rotatable bonds is 2. The first-order valence-corrected chi connectivity index (χ1v) is 5.63. The molecule has 0 heterocycles. The Balaban J connectivity index is 2.25. The lowest BCUT2D eigenvalue weighted by molar-refractivity contribution is 0.0950. The number of hydrogen-bond acceptors (Lipinski definition) is 1. The molecule has 1 saturated carbocycles. The van der Waals surface area contributed by atoms with Crippen molar-refractivity contribution in [2.24, 2.45) is 0 Å². The van der Waals surface area contributed by atoms with Gasteiger partial charge in [0.25, 0.3) is 5.91 Å². The molecule has 0 saturated heterocycles. The Morgan fingerprint density at radius 2 is 2.20 bits per heavy atom. The molecule has 1 N–H and O–H groups in total. The second kappa shape index (κ2) is 3.93. The van der Waals surface area contributed by atoms with Crippen LogP contribution in [0.15, 0.2) is 16.6 Å². The molecule has 1 fully saturated rings. The summed E-state index contributed by atoms with van der Waals surface area (Å²) in [7, 11) is 0. The van der Waals surface area contributed by atoms with Crippen LogP contribution in [0.5, 0.6) is 0 Å². The van der Waals surface area contributed by atoms with Gasteiger partial charge in [-0.1, -0.05) is 0 Å². The molecule has 80 valence electrons. The van der Waals surface area contributed by atoms with Gasteiger partial charge in [0.15, 0.2) is 0 Å². The van der Waals surface area contributed by atoms with E-state index in [0.717, 1.165) is 12.8 Å². The first-order valence-electron chi connectivity index (χ1n) is 4.84. The van der Waals surface area contributed by atoms with E-state index in [1.165, 1.54) is 6.07 Å². The number of benzene rings is 1. The van der Waals surface area contributed by atoms with Crippen molar-refractivity contribution in [2.45, 2.75) is 25.8 Å². The quantitative estimate of drug-likeness (QED) is 0.881. The molecule has 1 aliphatic rings. The Bertz CT molecular complexity index is 415. The SMILES string of the molecule is Cc1cc(C(=O)NC2CC2)c(Br)cc1F. The van der Waals surface area contributed by atoms with Crippen LogP contribution in [0.1, 0.15) is 28.8 Å². The average molecular weight is 272 g/mol.